The van der Waals surface area contributed by atoms with Gasteiger partial charge in [-0.25, -0.2) is 0 Å². The maximum absolute atomic E-state index is 12.6. The summed E-state index contributed by atoms with van der Waals surface area (Å²) < 4.78 is 5.18. The topological polar surface area (TPSA) is 58.6 Å². The number of carbonyl (C=O) groups is 2. The van der Waals surface area contributed by atoms with Gasteiger partial charge in [-0.2, -0.15) is 0 Å². The normalized spacial score (nSPS) is 16.7. The number of methoxy groups -OCH3 is 1. The van der Waals surface area contributed by atoms with Gasteiger partial charge in [-0.1, -0.05) is 31.2 Å². The van der Waals surface area contributed by atoms with Crippen LogP contribution in [0, 0.1) is 12.8 Å². The Balaban J connectivity index is 1.76. The van der Waals surface area contributed by atoms with Crippen molar-refractivity contribution in [3.05, 3.63) is 53.6 Å². The second-order valence-electron chi connectivity index (χ2n) is 6.56. The fourth-order valence-corrected chi connectivity index (χ4v) is 3.44. The van der Waals surface area contributed by atoms with Crippen molar-refractivity contribution in [2.75, 3.05) is 23.9 Å². The van der Waals surface area contributed by atoms with Crippen molar-refractivity contribution >= 4 is 23.2 Å². The molecule has 0 radical (unpaired) electrons. The van der Waals surface area contributed by atoms with Crippen molar-refractivity contribution in [1.82, 2.24) is 0 Å². The van der Waals surface area contributed by atoms with Crippen molar-refractivity contribution in [2.24, 2.45) is 5.92 Å². The highest BCUT2D eigenvalue weighted by molar-refractivity contribution is 6.04. The molecular formula is C21H24N2O3. The Labute approximate surface area is 154 Å². The third kappa shape index (κ3) is 3.57. The zero-order chi connectivity index (χ0) is 18.7. The molecular weight excluding hydrogens is 328 g/mol. The van der Waals surface area contributed by atoms with Crippen LogP contribution in [0.25, 0.3) is 0 Å². The lowest BCUT2D eigenvalue weighted by atomic mass is 10.0. The van der Waals surface area contributed by atoms with E-state index >= 15 is 0 Å². The molecule has 0 spiro atoms. The van der Waals surface area contributed by atoms with E-state index in [1.807, 2.05) is 43.3 Å². The minimum absolute atomic E-state index is 0.000192. The molecule has 2 aromatic rings. The molecule has 1 aliphatic heterocycles. The quantitative estimate of drug-likeness (QED) is 0.895. The Kier molecular flexibility index (Phi) is 5.26. The molecule has 3 rings (SSSR count). The first-order valence-electron chi connectivity index (χ1n) is 8.87. The molecule has 5 heteroatoms. The fraction of sp³-hybridized carbons (Fsp3) is 0.333. The molecule has 2 aromatic carbocycles. The molecule has 136 valence electrons. The molecule has 1 fully saturated rings. The van der Waals surface area contributed by atoms with Crippen molar-refractivity contribution < 1.29 is 14.3 Å². The number of para-hydroxylation sites is 1. The molecule has 26 heavy (non-hydrogen) atoms. The number of nitrogens with zero attached hydrogens (tertiary/aromatic N) is 1. The first kappa shape index (κ1) is 18.0. The van der Waals surface area contributed by atoms with Crippen LogP contribution in [0.15, 0.2) is 42.5 Å². The Hall–Kier alpha value is -2.82. The van der Waals surface area contributed by atoms with Crippen LogP contribution in [0.4, 0.5) is 11.4 Å². The lowest BCUT2D eigenvalue weighted by Gasteiger charge is -2.22. The van der Waals surface area contributed by atoms with Gasteiger partial charge in [0, 0.05) is 30.4 Å². The lowest BCUT2D eigenvalue weighted by Crippen LogP contribution is -2.29. The van der Waals surface area contributed by atoms with E-state index < -0.39 is 0 Å². The minimum Gasteiger partial charge on any atom is -0.497 e. The summed E-state index contributed by atoms with van der Waals surface area (Å²) in [5, 5.41) is 2.90. The van der Waals surface area contributed by atoms with E-state index in [-0.39, 0.29) is 24.2 Å². The zero-order valence-corrected chi connectivity index (χ0v) is 15.4. The first-order chi connectivity index (χ1) is 12.5. The van der Waals surface area contributed by atoms with E-state index in [0.717, 1.165) is 23.2 Å². The first-order valence-corrected chi connectivity index (χ1v) is 8.87. The molecule has 1 saturated heterocycles. The monoisotopic (exact) mass is 352 g/mol. The molecule has 0 aromatic heterocycles. The van der Waals surface area contributed by atoms with Gasteiger partial charge in [0.1, 0.15) is 5.75 Å². The van der Waals surface area contributed by atoms with Gasteiger partial charge in [-0.05, 0) is 36.6 Å². The highest BCUT2D eigenvalue weighted by atomic mass is 16.5. The average molecular weight is 352 g/mol. The second-order valence-corrected chi connectivity index (χ2v) is 6.56. The number of hydrogen-bond donors (Lipinski definition) is 1. The molecule has 1 aliphatic rings. The van der Waals surface area contributed by atoms with E-state index in [1.54, 1.807) is 18.1 Å². The van der Waals surface area contributed by atoms with Crippen LogP contribution < -0.4 is 15.0 Å². The molecule has 1 heterocycles. The van der Waals surface area contributed by atoms with Crippen LogP contribution in [0.5, 0.6) is 5.75 Å². The molecule has 0 aliphatic carbocycles. The van der Waals surface area contributed by atoms with Crippen LogP contribution in [0.3, 0.4) is 0 Å². The third-order valence-electron chi connectivity index (χ3n) is 4.81. The summed E-state index contributed by atoms with van der Waals surface area (Å²) in [7, 11) is 1.59. The number of nitrogens with one attached hydrogen (secondary N) is 1. The van der Waals surface area contributed by atoms with Crippen LogP contribution in [0.2, 0.25) is 0 Å². The van der Waals surface area contributed by atoms with Gasteiger partial charge in [0.15, 0.2) is 0 Å². The molecule has 0 bridgehead atoms. The standard InChI is InChI=1S/C21H24N2O3/c1-4-15-8-5-7-14(2)20(15)23-13-16(11-19(23)24)21(25)22-17-9-6-10-18(12-17)26-3/h5-10,12,16H,4,11,13H2,1-3H3,(H,22,25). The number of ether oxygens (including phenoxy) is 1. The number of hydrogen-bond acceptors (Lipinski definition) is 3. The molecule has 5 nitrogen and oxygen atoms in total. The van der Waals surface area contributed by atoms with Crippen molar-refractivity contribution in [2.45, 2.75) is 26.7 Å². The fourth-order valence-electron chi connectivity index (χ4n) is 3.44. The maximum atomic E-state index is 12.6. The van der Waals surface area contributed by atoms with Crippen molar-refractivity contribution in [3.8, 4) is 5.75 Å². The minimum atomic E-state index is -0.363. The summed E-state index contributed by atoms with van der Waals surface area (Å²) in [5.74, 6) is 0.179. The van der Waals surface area contributed by atoms with Gasteiger partial charge < -0.3 is 15.0 Å². The van der Waals surface area contributed by atoms with E-state index in [9.17, 15) is 9.59 Å². The summed E-state index contributed by atoms with van der Waals surface area (Å²) in [4.78, 5) is 27.0. The average Bonchev–Trinajstić information content (AvgIpc) is 3.03. The SMILES string of the molecule is CCc1cccc(C)c1N1CC(C(=O)Nc2cccc(OC)c2)CC1=O. The molecule has 1 N–H and O–H groups in total. The van der Waals surface area contributed by atoms with Crippen LogP contribution in [0.1, 0.15) is 24.5 Å². The molecule has 0 saturated carbocycles. The summed E-state index contributed by atoms with van der Waals surface area (Å²) >= 11 is 0. The van der Waals surface area contributed by atoms with Crippen molar-refractivity contribution in [1.29, 1.82) is 0 Å². The van der Waals surface area contributed by atoms with Crippen LogP contribution in [-0.4, -0.2) is 25.5 Å². The number of amides is 2. The molecule has 2 amide bonds. The summed E-state index contributed by atoms with van der Waals surface area (Å²) in [6, 6.07) is 13.3. The lowest BCUT2D eigenvalue weighted by molar-refractivity contribution is -0.122. The van der Waals surface area contributed by atoms with Crippen LogP contribution in [-0.2, 0) is 16.0 Å². The summed E-state index contributed by atoms with van der Waals surface area (Å²) in [6.07, 6.45) is 1.08. The number of benzene rings is 2. The Bertz CT molecular complexity index is 832. The number of aryl methyl sites for hydroxylation is 2. The number of rotatable bonds is 5. The molecule has 1 unspecified atom stereocenters. The second kappa shape index (κ2) is 7.60. The Morgan fingerprint density at radius 1 is 1.27 bits per heavy atom. The maximum Gasteiger partial charge on any atom is 0.229 e. The predicted octanol–water partition coefficient (Wildman–Crippen LogP) is 3.56. The highest BCUT2D eigenvalue weighted by Crippen LogP contribution is 2.32. The van der Waals surface area contributed by atoms with Gasteiger partial charge in [0.2, 0.25) is 11.8 Å². The number of anilines is 2. The summed E-state index contributed by atoms with van der Waals surface area (Å²) in [6.45, 7) is 4.49. The van der Waals surface area contributed by atoms with E-state index in [4.69, 9.17) is 4.74 Å². The Morgan fingerprint density at radius 3 is 2.77 bits per heavy atom. The Morgan fingerprint density at radius 2 is 2.04 bits per heavy atom. The van der Waals surface area contributed by atoms with Gasteiger partial charge in [0.05, 0.1) is 13.0 Å². The van der Waals surface area contributed by atoms with E-state index in [2.05, 4.69) is 12.2 Å². The van der Waals surface area contributed by atoms with Crippen molar-refractivity contribution in [3.63, 3.8) is 0 Å². The third-order valence-corrected chi connectivity index (χ3v) is 4.81. The highest BCUT2D eigenvalue weighted by Gasteiger charge is 2.36. The van der Waals surface area contributed by atoms with Gasteiger partial charge >= 0.3 is 0 Å². The smallest absolute Gasteiger partial charge is 0.229 e. The number of carbonyl (C=O) groups excluding carboxylic acids is 2. The van der Waals surface area contributed by atoms with Gasteiger partial charge in [-0.3, -0.25) is 9.59 Å². The zero-order valence-electron chi connectivity index (χ0n) is 15.4. The van der Waals surface area contributed by atoms with Gasteiger partial charge in [-0.15, -0.1) is 0 Å². The van der Waals surface area contributed by atoms with E-state index in [0.29, 0.717) is 18.0 Å². The van der Waals surface area contributed by atoms with Gasteiger partial charge in [0.25, 0.3) is 0 Å². The van der Waals surface area contributed by atoms with Crippen LogP contribution >= 0.6 is 0 Å². The molecule has 1 atom stereocenters. The summed E-state index contributed by atoms with van der Waals surface area (Å²) in [5.41, 5.74) is 3.82. The van der Waals surface area contributed by atoms with E-state index in [1.165, 1.54) is 0 Å². The predicted molar refractivity (Wildman–Crippen MR) is 103 cm³/mol. The largest absolute Gasteiger partial charge is 0.497 e.